The quantitative estimate of drug-likeness (QED) is 0.664. The molecule has 7 heteroatoms. The Balaban J connectivity index is 1.65. The molecule has 0 bridgehead atoms. The van der Waals surface area contributed by atoms with Gasteiger partial charge in [0, 0.05) is 10.1 Å². The Morgan fingerprint density at radius 2 is 1.88 bits per heavy atom. The van der Waals surface area contributed by atoms with E-state index in [2.05, 4.69) is 10.6 Å². The average molecular weight is 393 g/mol. The maximum atomic E-state index is 12.3. The van der Waals surface area contributed by atoms with Crippen LogP contribution >= 0.6 is 34.5 Å². The second kappa shape index (κ2) is 7.44. The van der Waals surface area contributed by atoms with Crippen LogP contribution in [0.5, 0.6) is 0 Å². The summed E-state index contributed by atoms with van der Waals surface area (Å²) in [6, 6.07) is 12.8. The highest BCUT2D eigenvalue weighted by molar-refractivity contribution is 7.21. The first-order valence-electron chi connectivity index (χ1n) is 7.47. The van der Waals surface area contributed by atoms with Gasteiger partial charge in [-0.1, -0.05) is 47.5 Å². The van der Waals surface area contributed by atoms with Crippen LogP contribution in [0.15, 0.2) is 42.5 Å². The number of hydrogen-bond acceptors (Lipinski definition) is 3. The van der Waals surface area contributed by atoms with Gasteiger partial charge in [0.05, 0.1) is 22.3 Å². The summed E-state index contributed by atoms with van der Waals surface area (Å²) in [4.78, 5) is 24.7. The Hall–Kier alpha value is -2.08. The van der Waals surface area contributed by atoms with Gasteiger partial charge in [0.15, 0.2) is 0 Å². The van der Waals surface area contributed by atoms with Crippen molar-refractivity contribution in [3.8, 4) is 0 Å². The topological polar surface area (TPSA) is 58.2 Å². The number of aryl methyl sites for hydroxylation is 1. The van der Waals surface area contributed by atoms with Crippen molar-refractivity contribution in [3.05, 3.63) is 63.0 Å². The van der Waals surface area contributed by atoms with E-state index >= 15 is 0 Å². The first-order chi connectivity index (χ1) is 12.0. The van der Waals surface area contributed by atoms with Crippen LogP contribution in [0.4, 0.5) is 5.69 Å². The summed E-state index contributed by atoms with van der Waals surface area (Å²) in [6.07, 6.45) is 0. The van der Waals surface area contributed by atoms with Crippen LogP contribution < -0.4 is 10.6 Å². The van der Waals surface area contributed by atoms with Crippen LogP contribution in [0.3, 0.4) is 0 Å². The van der Waals surface area contributed by atoms with E-state index in [0.717, 1.165) is 15.6 Å². The highest BCUT2D eigenvalue weighted by Gasteiger charge is 2.17. The molecule has 0 aliphatic carbocycles. The molecule has 3 aromatic rings. The standard InChI is InChI=1S/C18H14Cl2N2O2S/c1-10-6-7-13(12(19)8-10)22-15(23)9-21-18(24)17-16(20)11-4-2-3-5-14(11)25-17/h2-8H,9H2,1H3,(H,21,24)(H,22,23). The van der Waals surface area contributed by atoms with Crippen molar-refractivity contribution in [1.29, 1.82) is 0 Å². The number of fused-ring (bicyclic) bond motifs is 1. The molecule has 2 amide bonds. The van der Waals surface area contributed by atoms with E-state index in [4.69, 9.17) is 23.2 Å². The number of amides is 2. The molecule has 25 heavy (non-hydrogen) atoms. The van der Waals surface area contributed by atoms with E-state index < -0.39 is 0 Å². The number of carbonyl (C=O) groups excluding carboxylic acids is 2. The van der Waals surface area contributed by atoms with Gasteiger partial charge in [0.2, 0.25) is 5.91 Å². The third kappa shape index (κ3) is 3.95. The highest BCUT2D eigenvalue weighted by Crippen LogP contribution is 2.34. The summed E-state index contributed by atoms with van der Waals surface area (Å²) < 4.78 is 0.925. The summed E-state index contributed by atoms with van der Waals surface area (Å²) in [5.74, 6) is -0.743. The monoisotopic (exact) mass is 392 g/mol. The summed E-state index contributed by atoms with van der Waals surface area (Å²) in [6.45, 7) is 1.74. The fourth-order valence-electron chi connectivity index (χ4n) is 2.32. The van der Waals surface area contributed by atoms with Crippen molar-refractivity contribution in [2.24, 2.45) is 0 Å². The van der Waals surface area contributed by atoms with Gasteiger partial charge in [0.1, 0.15) is 4.88 Å². The highest BCUT2D eigenvalue weighted by atomic mass is 35.5. The lowest BCUT2D eigenvalue weighted by Gasteiger charge is -2.08. The number of anilines is 1. The van der Waals surface area contributed by atoms with Crippen molar-refractivity contribution in [1.82, 2.24) is 5.32 Å². The minimum atomic E-state index is -0.378. The Morgan fingerprint density at radius 3 is 2.60 bits per heavy atom. The lowest BCUT2D eigenvalue weighted by atomic mass is 10.2. The maximum Gasteiger partial charge on any atom is 0.263 e. The molecular formula is C18H14Cl2N2O2S. The molecule has 0 aliphatic heterocycles. The molecule has 4 nitrogen and oxygen atoms in total. The molecule has 1 aromatic heterocycles. The van der Waals surface area contributed by atoms with Crippen LogP contribution in [0.1, 0.15) is 15.2 Å². The summed E-state index contributed by atoms with van der Waals surface area (Å²) in [7, 11) is 0. The normalized spacial score (nSPS) is 10.7. The third-order valence-corrected chi connectivity index (χ3v) is 5.54. The first-order valence-corrected chi connectivity index (χ1v) is 9.04. The zero-order valence-electron chi connectivity index (χ0n) is 13.2. The molecule has 2 aromatic carbocycles. The number of hydrogen-bond donors (Lipinski definition) is 2. The molecule has 0 atom stereocenters. The van der Waals surface area contributed by atoms with Gasteiger partial charge in [-0.15, -0.1) is 11.3 Å². The van der Waals surface area contributed by atoms with E-state index in [9.17, 15) is 9.59 Å². The lowest BCUT2D eigenvalue weighted by Crippen LogP contribution is -2.32. The number of thiophene rings is 1. The smallest absolute Gasteiger partial charge is 0.263 e. The molecule has 3 rings (SSSR count). The predicted molar refractivity (Wildman–Crippen MR) is 104 cm³/mol. The number of benzene rings is 2. The molecule has 0 spiro atoms. The number of carbonyl (C=O) groups is 2. The SMILES string of the molecule is Cc1ccc(NC(=O)CNC(=O)c2sc3ccccc3c2Cl)c(Cl)c1. The fourth-order valence-corrected chi connectivity index (χ4v) is 4.03. The van der Waals surface area contributed by atoms with E-state index in [1.165, 1.54) is 11.3 Å². The molecule has 2 N–H and O–H groups in total. The number of halogens is 2. The van der Waals surface area contributed by atoms with Crippen molar-refractivity contribution in [2.75, 3.05) is 11.9 Å². The summed E-state index contributed by atoms with van der Waals surface area (Å²) in [5.41, 5.74) is 1.50. The van der Waals surface area contributed by atoms with E-state index in [1.54, 1.807) is 12.1 Å². The Bertz CT molecular complexity index is 969. The van der Waals surface area contributed by atoms with Crippen LogP contribution in [0, 0.1) is 6.92 Å². The minimum Gasteiger partial charge on any atom is -0.342 e. The molecule has 0 unspecified atom stereocenters. The van der Waals surface area contributed by atoms with Crippen LogP contribution in [-0.4, -0.2) is 18.4 Å². The Morgan fingerprint density at radius 1 is 1.12 bits per heavy atom. The molecule has 0 saturated carbocycles. The van der Waals surface area contributed by atoms with E-state index in [-0.39, 0.29) is 18.4 Å². The maximum absolute atomic E-state index is 12.3. The van der Waals surface area contributed by atoms with Crippen molar-refractivity contribution < 1.29 is 9.59 Å². The number of rotatable bonds is 4. The Kier molecular flexibility index (Phi) is 5.27. The van der Waals surface area contributed by atoms with Gasteiger partial charge in [0.25, 0.3) is 5.91 Å². The third-order valence-electron chi connectivity index (χ3n) is 3.55. The van der Waals surface area contributed by atoms with Gasteiger partial charge < -0.3 is 10.6 Å². The molecule has 0 aliphatic rings. The summed E-state index contributed by atoms with van der Waals surface area (Å²) >= 11 is 13.6. The summed E-state index contributed by atoms with van der Waals surface area (Å²) in [5, 5.41) is 6.94. The Labute approximate surface area is 158 Å². The van der Waals surface area contributed by atoms with Crippen LogP contribution in [0.2, 0.25) is 10.0 Å². The van der Waals surface area contributed by atoms with Gasteiger partial charge in [-0.05, 0) is 30.7 Å². The number of nitrogens with one attached hydrogen (secondary N) is 2. The molecule has 0 saturated heterocycles. The van der Waals surface area contributed by atoms with Crippen LogP contribution in [-0.2, 0) is 4.79 Å². The predicted octanol–water partition coefficient (Wildman–Crippen LogP) is 4.89. The van der Waals surface area contributed by atoms with Gasteiger partial charge in [-0.3, -0.25) is 9.59 Å². The first kappa shape index (κ1) is 17.7. The average Bonchev–Trinajstić information content (AvgIpc) is 2.93. The van der Waals surface area contributed by atoms with Gasteiger partial charge in [-0.2, -0.15) is 0 Å². The van der Waals surface area contributed by atoms with E-state index in [0.29, 0.717) is 20.6 Å². The largest absolute Gasteiger partial charge is 0.342 e. The molecular weight excluding hydrogens is 379 g/mol. The van der Waals surface area contributed by atoms with Crippen molar-refractivity contribution >= 4 is 62.1 Å². The molecule has 0 radical (unpaired) electrons. The van der Waals surface area contributed by atoms with Gasteiger partial charge in [-0.25, -0.2) is 0 Å². The molecule has 128 valence electrons. The minimum absolute atomic E-state index is 0.173. The molecule has 1 heterocycles. The fraction of sp³-hybridized carbons (Fsp3) is 0.111. The van der Waals surface area contributed by atoms with E-state index in [1.807, 2.05) is 37.3 Å². The second-order valence-corrected chi connectivity index (χ2v) is 7.29. The lowest BCUT2D eigenvalue weighted by molar-refractivity contribution is -0.115. The van der Waals surface area contributed by atoms with Crippen LogP contribution in [0.25, 0.3) is 10.1 Å². The zero-order chi connectivity index (χ0) is 18.0. The van der Waals surface area contributed by atoms with Crippen molar-refractivity contribution in [3.63, 3.8) is 0 Å². The molecule has 0 fully saturated rings. The van der Waals surface area contributed by atoms with Crippen molar-refractivity contribution in [2.45, 2.75) is 6.92 Å². The zero-order valence-corrected chi connectivity index (χ0v) is 15.6. The second-order valence-electron chi connectivity index (χ2n) is 5.46. The van der Waals surface area contributed by atoms with Gasteiger partial charge >= 0.3 is 0 Å².